The van der Waals surface area contributed by atoms with E-state index in [0.717, 1.165) is 11.4 Å². The van der Waals surface area contributed by atoms with Gasteiger partial charge in [-0.1, -0.05) is 34.4 Å². The molecule has 5 rings (SSSR count). The number of amides is 1. The highest BCUT2D eigenvalue weighted by molar-refractivity contribution is 6.36. The van der Waals surface area contributed by atoms with Crippen molar-refractivity contribution in [2.75, 3.05) is 5.32 Å². The monoisotopic (exact) mass is 535 g/mol. The molecule has 0 atom stereocenters. The molecule has 0 aliphatic heterocycles. The number of carbonyl (C=O) groups is 1. The lowest BCUT2D eigenvalue weighted by molar-refractivity contribution is -0.115. The number of anilines is 1. The molecule has 0 aliphatic carbocycles. The van der Waals surface area contributed by atoms with Crippen LogP contribution in [0.4, 0.5) is 10.3 Å². The van der Waals surface area contributed by atoms with Crippen molar-refractivity contribution >= 4 is 35.0 Å². The van der Waals surface area contributed by atoms with Crippen molar-refractivity contribution in [3.8, 4) is 34.0 Å². The summed E-state index contributed by atoms with van der Waals surface area (Å²) in [5.74, 6) is -0.487. The molecule has 5 aromatic rings. The van der Waals surface area contributed by atoms with Gasteiger partial charge in [0.05, 0.1) is 17.8 Å². The molecule has 3 heterocycles. The number of nitrogens with one attached hydrogen (secondary N) is 1. The molecule has 0 spiro atoms. The fraction of sp³-hybridized carbons (Fsp3) is 0.111. The molecule has 0 unspecified atom stereocenters. The van der Waals surface area contributed by atoms with Crippen LogP contribution in [0.2, 0.25) is 10.0 Å². The zero-order valence-electron chi connectivity index (χ0n) is 19.8. The zero-order chi connectivity index (χ0) is 26.1. The molecule has 1 N–H and O–H groups in total. The minimum Gasteiger partial charge on any atom is -0.347 e. The Kier molecular flexibility index (Phi) is 6.78. The second-order valence-corrected chi connectivity index (χ2v) is 9.17. The average molecular weight is 536 g/mol. The van der Waals surface area contributed by atoms with Crippen LogP contribution in [0.3, 0.4) is 0 Å². The van der Waals surface area contributed by atoms with Crippen molar-refractivity contribution in [2.45, 2.75) is 13.3 Å². The van der Waals surface area contributed by atoms with E-state index in [-0.39, 0.29) is 18.1 Å². The maximum Gasteiger partial charge on any atom is 0.243 e. The van der Waals surface area contributed by atoms with Crippen LogP contribution in [0, 0.1) is 12.7 Å². The standard InChI is InChI=1S/C27H20Cl2FN5O2/c1-15-6-11-22(35(15)2)21-12-13-31-26(32-21)24-25(16-7-9-17(30)10-8-16)34-37-27(24)33-23(36)14-18-19(28)4-3-5-20(18)29/h3-13H,14H2,1-2H3,(H,33,36). The number of rotatable bonds is 6. The van der Waals surface area contributed by atoms with E-state index < -0.39 is 11.7 Å². The number of hydrogen-bond acceptors (Lipinski definition) is 5. The molecule has 0 radical (unpaired) electrons. The quantitative estimate of drug-likeness (QED) is 0.260. The molecule has 3 aromatic heterocycles. The van der Waals surface area contributed by atoms with Crippen LogP contribution in [0.25, 0.3) is 34.0 Å². The largest absolute Gasteiger partial charge is 0.347 e. The molecular weight excluding hydrogens is 516 g/mol. The minimum absolute atomic E-state index is 0.0488. The molecule has 10 heteroatoms. The zero-order valence-corrected chi connectivity index (χ0v) is 21.3. The summed E-state index contributed by atoms with van der Waals surface area (Å²) in [6.45, 7) is 2.00. The van der Waals surface area contributed by atoms with Gasteiger partial charge in [0.25, 0.3) is 0 Å². The van der Waals surface area contributed by atoms with Gasteiger partial charge in [-0.25, -0.2) is 14.4 Å². The number of aromatic nitrogens is 4. The van der Waals surface area contributed by atoms with Gasteiger partial charge in [0.15, 0.2) is 5.82 Å². The van der Waals surface area contributed by atoms with Crippen molar-refractivity contribution in [2.24, 2.45) is 7.05 Å². The lowest BCUT2D eigenvalue weighted by Crippen LogP contribution is -2.15. The number of aryl methyl sites for hydroxylation is 1. The fourth-order valence-electron chi connectivity index (χ4n) is 3.91. The predicted octanol–water partition coefficient (Wildman–Crippen LogP) is 6.74. The highest BCUT2D eigenvalue weighted by Gasteiger charge is 2.25. The molecule has 37 heavy (non-hydrogen) atoms. The van der Waals surface area contributed by atoms with E-state index in [0.29, 0.717) is 38.1 Å². The van der Waals surface area contributed by atoms with Gasteiger partial charge in [0, 0.05) is 34.5 Å². The Morgan fingerprint density at radius 3 is 2.46 bits per heavy atom. The van der Waals surface area contributed by atoms with Gasteiger partial charge in [-0.15, -0.1) is 0 Å². The number of hydrogen-bond donors (Lipinski definition) is 1. The van der Waals surface area contributed by atoms with Crippen LogP contribution >= 0.6 is 23.2 Å². The first kappa shape index (κ1) is 24.7. The number of carbonyl (C=O) groups excluding carboxylic acids is 1. The Balaban J connectivity index is 1.57. The second-order valence-electron chi connectivity index (χ2n) is 8.35. The van der Waals surface area contributed by atoms with E-state index in [1.165, 1.54) is 12.1 Å². The second kappa shape index (κ2) is 10.2. The van der Waals surface area contributed by atoms with Crippen LogP contribution < -0.4 is 5.32 Å². The Hall–Kier alpha value is -4.01. The molecule has 2 aromatic carbocycles. The number of benzene rings is 2. The normalized spacial score (nSPS) is 11.1. The third-order valence-corrected chi connectivity index (χ3v) is 6.68. The number of nitrogens with zero attached hydrogens (tertiary/aromatic N) is 4. The summed E-state index contributed by atoms with van der Waals surface area (Å²) in [6.07, 6.45) is 1.53. The average Bonchev–Trinajstić information content (AvgIpc) is 3.45. The molecule has 1 amide bonds. The summed E-state index contributed by atoms with van der Waals surface area (Å²) in [7, 11) is 1.95. The van der Waals surface area contributed by atoms with E-state index in [2.05, 4.69) is 15.5 Å². The van der Waals surface area contributed by atoms with Crippen molar-refractivity contribution in [1.82, 2.24) is 19.7 Å². The lowest BCUT2D eigenvalue weighted by Gasteiger charge is -2.09. The topological polar surface area (TPSA) is 85.8 Å². The van der Waals surface area contributed by atoms with Crippen LogP contribution in [-0.4, -0.2) is 25.6 Å². The van der Waals surface area contributed by atoms with Gasteiger partial charge in [0.2, 0.25) is 11.8 Å². The van der Waals surface area contributed by atoms with E-state index >= 15 is 0 Å². The third kappa shape index (κ3) is 4.98. The molecule has 7 nitrogen and oxygen atoms in total. The maximum atomic E-state index is 13.6. The first-order valence-electron chi connectivity index (χ1n) is 11.3. The summed E-state index contributed by atoms with van der Waals surface area (Å²) in [4.78, 5) is 22.2. The van der Waals surface area contributed by atoms with Crippen molar-refractivity contribution in [1.29, 1.82) is 0 Å². The summed E-state index contributed by atoms with van der Waals surface area (Å²) >= 11 is 12.5. The van der Waals surface area contributed by atoms with Gasteiger partial charge >= 0.3 is 0 Å². The van der Waals surface area contributed by atoms with Crippen LogP contribution in [0.1, 0.15) is 11.3 Å². The molecule has 0 fully saturated rings. The van der Waals surface area contributed by atoms with Crippen LogP contribution in [-0.2, 0) is 18.3 Å². The molecule has 0 saturated heterocycles. The molecule has 186 valence electrons. The fourth-order valence-corrected chi connectivity index (χ4v) is 4.44. The molecule has 0 bridgehead atoms. The van der Waals surface area contributed by atoms with E-state index in [9.17, 15) is 9.18 Å². The Labute approximate surface area is 221 Å². The Morgan fingerprint density at radius 1 is 1.05 bits per heavy atom. The van der Waals surface area contributed by atoms with Crippen molar-refractivity contribution < 1.29 is 13.7 Å². The van der Waals surface area contributed by atoms with Gasteiger partial charge in [-0.05, 0) is 67.1 Å². The summed E-state index contributed by atoms with van der Waals surface area (Å²) < 4.78 is 21.2. The maximum absolute atomic E-state index is 13.6. The third-order valence-electron chi connectivity index (χ3n) is 5.98. The summed E-state index contributed by atoms with van der Waals surface area (Å²) in [5.41, 5.74) is 4.40. The molecular formula is C27H20Cl2FN5O2. The van der Waals surface area contributed by atoms with E-state index in [4.69, 9.17) is 32.7 Å². The summed E-state index contributed by atoms with van der Waals surface area (Å²) in [5, 5.41) is 7.66. The minimum atomic E-state index is -0.424. The smallest absolute Gasteiger partial charge is 0.243 e. The highest BCUT2D eigenvalue weighted by Crippen LogP contribution is 2.37. The molecule has 0 saturated carbocycles. The number of halogens is 3. The first-order valence-corrected chi connectivity index (χ1v) is 12.0. The SMILES string of the molecule is Cc1ccc(-c2ccnc(-c3c(-c4ccc(F)cc4)noc3NC(=O)Cc3c(Cl)cccc3Cl)n2)n1C. The van der Waals surface area contributed by atoms with Crippen molar-refractivity contribution in [3.05, 3.63) is 94.0 Å². The first-order chi connectivity index (χ1) is 17.8. The van der Waals surface area contributed by atoms with Crippen LogP contribution in [0.5, 0.6) is 0 Å². The van der Waals surface area contributed by atoms with Crippen molar-refractivity contribution in [3.63, 3.8) is 0 Å². The molecule has 0 aliphatic rings. The van der Waals surface area contributed by atoms with Crippen LogP contribution in [0.15, 0.2) is 71.4 Å². The van der Waals surface area contributed by atoms with E-state index in [1.54, 1.807) is 42.6 Å². The van der Waals surface area contributed by atoms with Gasteiger partial charge in [0.1, 0.15) is 17.1 Å². The lowest BCUT2D eigenvalue weighted by atomic mass is 10.1. The Bertz CT molecular complexity index is 1590. The van der Waals surface area contributed by atoms with E-state index in [1.807, 2.05) is 30.7 Å². The van der Waals surface area contributed by atoms with Gasteiger partial charge in [-0.3, -0.25) is 10.1 Å². The highest BCUT2D eigenvalue weighted by atomic mass is 35.5. The van der Waals surface area contributed by atoms with Gasteiger partial charge < -0.3 is 9.09 Å². The predicted molar refractivity (Wildman–Crippen MR) is 141 cm³/mol. The van der Waals surface area contributed by atoms with Gasteiger partial charge in [-0.2, -0.15) is 0 Å². The summed E-state index contributed by atoms with van der Waals surface area (Å²) in [6, 6.07) is 16.5. The Morgan fingerprint density at radius 2 is 1.78 bits per heavy atom.